The molecule has 1 fully saturated rings. The van der Waals surface area contributed by atoms with E-state index in [9.17, 15) is 9.90 Å². The van der Waals surface area contributed by atoms with Crippen molar-refractivity contribution in [2.75, 3.05) is 0 Å². The lowest BCUT2D eigenvalue weighted by molar-refractivity contribution is -0.118. The molecular formula is C21H17N3O2S. The quantitative estimate of drug-likeness (QED) is 0.539. The highest BCUT2D eigenvalue weighted by Gasteiger charge is 2.30. The Hall–Kier alpha value is -3.12. The minimum absolute atomic E-state index is 0.0495. The second kappa shape index (κ2) is 7.63. The zero-order valence-electron chi connectivity index (χ0n) is 14.4. The third-order valence-corrected chi connectivity index (χ3v) is 5.38. The highest BCUT2D eigenvalue weighted by Crippen LogP contribution is 2.27. The van der Waals surface area contributed by atoms with Gasteiger partial charge in [0.1, 0.15) is 5.75 Å². The van der Waals surface area contributed by atoms with E-state index in [-0.39, 0.29) is 16.9 Å². The SMILES string of the molecule is O=C1N/C(=N/N=C\c2ccc(O)cc2)S[C@H]1Cc1cccc2ccccc12. The van der Waals surface area contributed by atoms with Crippen LogP contribution < -0.4 is 5.32 Å². The van der Waals surface area contributed by atoms with E-state index in [1.54, 1.807) is 30.5 Å². The van der Waals surface area contributed by atoms with Gasteiger partial charge in [-0.15, -0.1) is 5.10 Å². The van der Waals surface area contributed by atoms with Crippen LogP contribution in [0.25, 0.3) is 10.8 Å². The molecule has 0 aromatic heterocycles. The number of phenols is 1. The molecule has 3 aromatic rings. The molecule has 5 nitrogen and oxygen atoms in total. The maximum Gasteiger partial charge on any atom is 0.239 e. The summed E-state index contributed by atoms with van der Waals surface area (Å²) >= 11 is 1.40. The van der Waals surface area contributed by atoms with Crippen LogP contribution in [0.3, 0.4) is 0 Å². The van der Waals surface area contributed by atoms with E-state index in [2.05, 4.69) is 39.8 Å². The fraction of sp³-hybridized carbons (Fsp3) is 0.0952. The van der Waals surface area contributed by atoms with E-state index < -0.39 is 0 Å². The van der Waals surface area contributed by atoms with Crippen LogP contribution in [0, 0.1) is 0 Å². The maximum absolute atomic E-state index is 12.3. The molecule has 0 bridgehead atoms. The van der Waals surface area contributed by atoms with E-state index >= 15 is 0 Å². The smallest absolute Gasteiger partial charge is 0.239 e. The molecule has 3 aromatic carbocycles. The normalized spacial score (nSPS) is 18.4. The molecule has 27 heavy (non-hydrogen) atoms. The van der Waals surface area contributed by atoms with Gasteiger partial charge in [0.05, 0.1) is 11.5 Å². The van der Waals surface area contributed by atoms with Gasteiger partial charge in [-0.25, -0.2) is 0 Å². The number of fused-ring (bicyclic) bond motifs is 1. The largest absolute Gasteiger partial charge is 0.508 e. The Morgan fingerprint density at radius 1 is 1.04 bits per heavy atom. The monoisotopic (exact) mass is 375 g/mol. The van der Waals surface area contributed by atoms with E-state index in [4.69, 9.17) is 0 Å². The maximum atomic E-state index is 12.3. The highest BCUT2D eigenvalue weighted by atomic mass is 32.2. The van der Waals surface area contributed by atoms with Crippen LogP contribution >= 0.6 is 11.8 Å². The van der Waals surface area contributed by atoms with Gasteiger partial charge in [-0.1, -0.05) is 54.2 Å². The molecule has 6 heteroatoms. The summed E-state index contributed by atoms with van der Waals surface area (Å²) < 4.78 is 0. The van der Waals surface area contributed by atoms with E-state index in [1.165, 1.54) is 22.5 Å². The van der Waals surface area contributed by atoms with Crippen LogP contribution in [-0.2, 0) is 11.2 Å². The molecule has 0 radical (unpaired) electrons. The van der Waals surface area contributed by atoms with Crippen molar-refractivity contribution < 1.29 is 9.90 Å². The topological polar surface area (TPSA) is 74.0 Å². The summed E-state index contributed by atoms with van der Waals surface area (Å²) in [5.41, 5.74) is 1.97. The third-order valence-electron chi connectivity index (χ3n) is 4.31. The number of nitrogens with one attached hydrogen (secondary N) is 1. The van der Waals surface area contributed by atoms with Crippen LogP contribution in [0.2, 0.25) is 0 Å². The molecule has 0 spiro atoms. The van der Waals surface area contributed by atoms with Crippen molar-refractivity contribution in [2.45, 2.75) is 11.7 Å². The molecule has 0 saturated carbocycles. The van der Waals surface area contributed by atoms with E-state index in [1.807, 2.05) is 18.2 Å². The van der Waals surface area contributed by atoms with Gasteiger partial charge >= 0.3 is 0 Å². The lowest BCUT2D eigenvalue weighted by Crippen LogP contribution is -2.26. The summed E-state index contributed by atoms with van der Waals surface area (Å²) in [5, 5.41) is 22.8. The zero-order valence-corrected chi connectivity index (χ0v) is 15.2. The minimum atomic E-state index is -0.224. The molecule has 1 amide bonds. The van der Waals surface area contributed by atoms with Crippen LogP contribution in [0.4, 0.5) is 0 Å². The van der Waals surface area contributed by atoms with Crippen LogP contribution in [0.5, 0.6) is 5.75 Å². The zero-order chi connectivity index (χ0) is 18.6. The first-order valence-corrected chi connectivity index (χ1v) is 9.41. The second-order valence-corrected chi connectivity index (χ2v) is 7.37. The number of benzene rings is 3. The second-order valence-electron chi connectivity index (χ2n) is 6.18. The Morgan fingerprint density at radius 2 is 1.81 bits per heavy atom. The third kappa shape index (κ3) is 4.01. The van der Waals surface area contributed by atoms with Gasteiger partial charge in [0, 0.05) is 0 Å². The van der Waals surface area contributed by atoms with Crippen LogP contribution in [0.15, 0.2) is 76.9 Å². The van der Waals surface area contributed by atoms with Crippen LogP contribution in [0.1, 0.15) is 11.1 Å². The lowest BCUT2D eigenvalue weighted by atomic mass is 10.0. The predicted octanol–water partition coefficient (Wildman–Crippen LogP) is 3.71. The van der Waals surface area contributed by atoms with Crippen molar-refractivity contribution in [1.82, 2.24) is 5.32 Å². The number of nitrogens with zero attached hydrogens (tertiary/aromatic N) is 2. The van der Waals surface area contributed by atoms with Gasteiger partial charge in [-0.3, -0.25) is 4.79 Å². The number of amidine groups is 1. The number of amides is 1. The molecular weight excluding hydrogens is 358 g/mol. The Bertz CT molecular complexity index is 1040. The number of aromatic hydroxyl groups is 1. The average molecular weight is 375 g/mol. The number of carbonyl (C=O) groups excluding carboxylic acids is 1. The fourth-order valence-corrected chi connectivity index (χ4v) is 3.92. The summed E-state index contributed by atoms with van der Waals surface area (Å²) in [7, 11) is 0. The van der Waals surface area contributed by atoms with Crippen LogP contribution in [-0.4, -0.2) is 27.6 Å². The minimum Gasteiger partial charge on any atom is -0.508 e. The molecule has 134 valence electrons. The molecule has 1 aliphatic rings. The van der Waals surface area contributed by atoms with Gasteiger partial charge in [-0.2, -0.15) is 5.10 Å². The summed E-state index contributed by atoms with van der Waals surface area (Å²) in [5.74, 6) is 0.153. The molecule has 0 aliphatic carbocycles. The number of phenolic OH excluding ortho intramolecular Hbond substituents is 1. The highest BCUT2D eigenvalue weighted by molar-refractivity contribution is 8.15. The van der Waals surface area contributed by atoms with E-state index in [0.717, 1.165) is 11.1 Å². The first kappa shape index (κ1) is 17.3. The van der Waals surface area contributed by atoms with Gasteiger partial charge in [-0.05, 0) is 52.6 Å². The summed E-state index contributed by atoms with van der Waals surface area (Å²) in [4.78, 5) is 12.3. The Labute approximate surface area is 160 Å². The first-order valence-electron chi connectivity index (χ1n) is 8.53. The summed E-state index contributed by atoms with van der Waals surface area (Å²) in [6.07, 6.45) is 2.22. The van der Waals surface area contributed by atoms with Crippen molar-refractivity contribution in [3.8, 4) is 5.75 Å². The van der Waals surface area contributed by atoms with Crippen molar-refractivity contribution in [2.24, 2.45) is 10.2 Å². The number of carbonyl (C=O) groups is 1. The first-order chi connectivity index (χ1) is 13.2. The Balaban J connectivity index is 1.46. The fourth-order valence-electron chi connectivity index (χ4n) is 2.97. The number of hydrogen-bond acceptors (Lipinski definition) is 5. The number of thioether (sulfide) groups is 1. The van der Waals surface area contributed by atoms with Crippen molar-refractivity contribution in [3.63, 3.8) is 0 Å². The summed E-state index contributed by atoms with van der Waals surface area (Å²) in [6, 6.07) is 21.0. The molecule has 1 heterocycles. The van der Waals surface area contributed by atoms with Crippen molar-refractivity contribution in [1.29, 1.82) is 0 Å². The van der Waals surface area contributed by atoms with Gasteiger partial charge in [0.25, 0.3) is 0 Å². The molecule has 1 saturated heterocycles. The Kier molecular flexibility index (Phi) is 4.89. The average Bonchev–Trinajstić information content (AvgIpc) is 3.03. The Morgan fingerprint density at radius 3 is 2.67 bits per heavy atom. The molecule has 1 aliphatic heterocycles. The van der Waals surface area contributed by atoms with Gasteiger partial charge < -0.3 is 10.4 Å². The summed E-state index contributed by atoms with van der Waals surface area (Å²) in [6.45, 7) is 0. The standard InChI is InChI=1S/C21H17N3O2S/c25-17-10-8-14(9-11-17)13-22-24-21-23-20(26)19(27-21)12-16-6-3-5-15-4-1-2-7-18(15)16/h1-11,13,19,25H,12H2,(H,23,24,26)/b22-13-/t19-/m0/s1. The van der Waals surface area contributed by atoms with Crippen molar-refractivity contribution in [3.05, 3.63) is 77.9 Å². The van der Waals surface area contributed by atoms with Gasteiger partial charge in [0.15, 0.2) is 5.17 Å². The molecule has 1 atom stereocenters. The van der Waals surface area contributed by atoms with Gasteiger partial charge in [0.2, 0.25) is 5.91 Å². The molecule has 0 unspecified atom stereocenters. The number of rotatable bonds is 4. The predicted molar refractivity (Wildman–Crippen MR) is 110 cm³/mol. The number of hydrogen-bond donors (Lipinski definition) is 2. The van der Waals surface area contributed by atoms with E-state index in [0.29, 0.717) is 11.6 Å². The lowest BCUT2D eigenvalue weighted by Gasteiger charge is -2.09. The van der Waals surface area contributed by atoms with Crippen molar-refractivity contribution >= 4 is 39.8 Å². The molecule has 4 rings (SSSR count). The molecule has 2 N–H and O–H groups in total.